The molecule has 0 fully saturated rings. The monoisotopic (exact) mass is 1860 g/mol. The maximum absolute atomic E-state index is 14.5. The van der Waals surface area contributed by atoms with E-state index in [1.54, 1.807) is 95.5 Å². The molecule has 8 aromatic carbocycles. The van der Waals surface area contributed by atoms with Gasteiger partial charge < -0.3 is 49.2 Å². The Morgan fingerprint density at radius 1 is 0.396 bits per heavy atom. The van der Waals surface area contributed by atoms with Crippen LogP contribution in [-0.2, 0) is 38.9 Å². The van der Waals surface area contributed by atoms with E-state index in [9.17, 15) is 52.9 Å². The molecule has 3 atom stereocenters. The Kier molecular flexibility index (Phi) is 34.2. The molecule has 0 bridgehead atoms. The van der Waals surface area contributed by atoms with Gasteiger partial charge in [-0.1, -0.05) is 212 Å². The van der Waals surface area contributed by atoms with Gasteiger partial charge in [0.1, 0.15) is 17.4 Å². The predicted molar refractivity (Wildman–Crippen MR) is 521 cm³/mol. The molecule has 0 saturated heterocycles. The Labute approximate surface area is 794 Å². The molecule has 23 nitrogen and oxygen atoms in total. The van der Waals surface area contributed by atoms with Gasteiger partial charge in [-0.2, -0.15) is 15.3 Å². The van der Waals surface area contributed by atoms with Crippen molar-refractivity contribution >= 4 is 58.6 Å². The lowest BCUT2D eigenvalue weighted by Crippen LogP contribution is -2.46. The minimum atomic E-state index is -0.555. The molecule has 0 radical (unpaired) electrons. The van der Waals surface area contributed by atoms with Gasteiger partial charge in [0.05, 0.1) is 87.4 Å². The van der Waals surface area contributed by atoms with Gasteiger partial charge in [0.25, 0.3) is 35.4 Å². The molecule has 3 aliphatic heterocycles. The molecule has 0 saturated carbocycles. The maximum atomic E-state index is 14.5. The first-order valence-electron chi connectivity index (χ1n) is 47.1. The Hall–Kier alpha value is -12.3. The minimum Gasteiger partial charge on any atom is -0.394 e. The van der Waals surface area contributed by atoms with E-state index in [4.69, 9.17) is 43.0 Å². The number of fused-ring (bicyclic) bond motifs is 3. The number of carbonyl (C=O) groups is 6. The third-order valence-electron chi connectivity index (χ3n) is 25.5. The van der Waals surface area contributed by atoms with Crippen molar-refractivity contribution in [2.75, 3.05) is 59.1 Å². The van der Waals surface area contributed by atoms with E-state index in [0.717, 1.165) is 133 Å². The van der Waals surface area contributed by atoms with E-state index in [1.807, 2.05) is 140 Å². The summed E-state index contributed by atoms with van der Waals surface area (Å²) >= 11 is 12.8. The summed E-state index contributed by atoms with van der Waals surface area (Å²) in [7, 11) is 0. The normalized spacial score (nSPS) is 14.4. The first-order valence-corrected chi connectivity index (χ1v) is 47.8. The van der Waals surface area contributed by atoms with Gasteiger partial charge in [-0.05, 0) is 221 Å². The summed E-state index contributed by atoms with van der Waals surface area (Å²) in [6.45, 7) is 26.5. The third-order valence-corrected chi connectivity index (χ3v) is 26.2. The van der Waals surface area contributed by atoms with E-state index < -0.39 is 23.7 Å². The summed E-state index contributed by atoms with van der Waals surface area (Å²) in [6.07, 6.45) is 13.0. The van der Waals surface area contributed by atoms with Crippen LogP contribution in [0.15, 0.2) is 187 Å². The minimum absolute atomic E-state index is 0.0359. The average Bonchev–Trinajstić information content (AvgIpc) is 1.53. The lowest BCUT2D eigenvalue weighted by Gasteiger charge is -2.36. The molecular formula is C107H123Cl2F2N13O10. The zero-order valence-electron chi connectivity index (χ0n) is 78.7. The van der Waals surface area contributed by atoms with Crippen LogP contribution in [-0.4, -0.2) is 192 Å². The lowest BCUT2D eigenvalue weighted by molar-refractivity contribution is 0.0539. The fourth-order valence-corrected chi connectivity index (χ4v) is 18.4. The fraction of sp³-hybridized carbons (Fsp3) is 0.383. The number of aryl methyl sites for hydroxylation is 5. The molecule has 15 rings (SSSR count). The van der Waals surface area contributed by atoms with Gasteiger partial charge >= 0.3 is 0 Å². The van der Waals surface area contributed by atoms with Crippen LogP contribution in [0.25, 0.3) is 50.4 Å². The number of unbranched alkanes of at least 4 members (excludes halogenated alkanes) is 6. The largest absolute Gasteiger partial charge is 0.394 e. The highest BCUT2D eigenvalue weighted by Gasteiger charge is 2.38. The molecule has 7 heterocycles. The van der Waals surface area contributed by atoms with Crippen molar-refractivity contribution in [1.82, 2.24) is 63.9 Å². The van der Waals surface area contributed by atoms with Crippen molar-refractivity contribution in [3.63, 3.8) is 0 Å². The molecule has 0 spiro atoms. The van der Waals surface area contributed by atoms with Crippen LogP contribution in [0.4, 0.5) is 8.78 Å². The molecule has 134 heavy (non-hydrogen) atoms. The molecule has 704 valence electrons. The highest BCUT2D eigenvalue weighted by Crippen LogP contribution is 2.39. The van der Waals surface area contributed by atoms with Gasteiger partial charge in [0.2, 0.25) is 0 Å². The summed E-state index contributed by atoms with van der Waals surface area (Å²) in [5.41, 5.74) is 16.9. The molecule has 3 N–H and O–H groups in total. The van der Waals surface area contributed by atoms with Gasteiger partial charge in [-0.15, -0.1) is 0 Å². The van der Waals surface area contributed by atoms with Crippen molar-refractivity contribution in [3.8, 4) is 50.4 Å². The maximum Gasteiger partial charge on any atom is 0.274 e. The van der Waals surface area contributed by atoms with Gasteiger partial charge in [0, 0.05) is 92.7 Å². The number of halogens is 4. The van der Waals surface area contributed by atoms with E-state index in [0.29, 0.717) is 168 Å². The molecule has 6 amide bonds. The van der Waals surface area contributed by atoms with Crippen LogP contribution >= 0.6 is 23.2 Å². The van der Waals surface area contributed by atoms with E-state index in [2.05, 4.69) is 52.8 Å². The van der Waals surface area contributed by atoms with Gasteiger partial charge in [-0.25, -0.2) is 22.8 Å². The van der Waals surface area contributed by atoms with E-state index in [-0.39, 0.29) is 71.4 Å². The van der Waals surface area contributed by atoms with Crippen molar-refractivity contribution in [2.24, 2.45) is 0 Å². The number of aliphatic hydroxyl groups excluding tert-OH is 3. The first-order chi connectivity index (χ1) is 64.8. The number of rotatable bonds is 33. The summed E-state index contributed by atoms with van der Waals surface area (Å²) in [5, 5.41) is 49.6. The van der Waals surface area contributed by atoms with Crippen LogP contribution < -0.4 is 0 Å². The number of nitrogens with zero attached hydrogens (tertiary/aromatic N) is 13. The highest BCUT2D eigenvalue weighted by atomic mass is 35.5. The van der Waals surface area contributed by atoms with Crippen LogP contribution in [0.2, 0.25) is 10.0 Å². The van der Waals surface area contributed by atoms with E-state index in [1.165, 1.54) is 18.2 Å². The van der Waals surface area contributed by atoms with Gasteiger partial charge in [-0.3, -0.25) is 28.8 Å². The summed E-state index contributed by atoms with van der Waals surface area (Å²) in [4.78, 5) is 95.1. The van der Waals surface area contributed by atoms with Crippen LogP contribution in [0.1, 0.15) is 243 Å². The van der Waals surface area contributed by atoms with Crippen LogP contribution in [0.3, 0.4) is 0 Å². The van der Waals surface area contributed by atoms with Crippen molar-refractivity contribution < 1.29 is 57.4 Å². The molecule has 4 aromatic heterocycles. The second-order valence-electron chi connectivity index (χ2n) is 35.1. The average molecular weight is 1860 g/mol. The fourth-order valence-electron chi connectivity index (χ4n) is 17.9. The number of hydrogen-bond donors (Lipinski definition) is 3. The topological polar surface area (TPSA) is 262 Å². The molecule has 12 aromatic rings. The number of aromatic nitrogens is 7. The van der Waals surface area contributed by atoms with E-state index >= 15 is 0 Å². The molecule has 0 unspecified atom stereocenters. The zero-order chi connectivity index (χ0) is 95.6. The molecular weight excluding hydrogens is 1740 g/mol. The quantitative estimate of drug-likeness (QED) is 0.0345. The third kappa shape index (κ3) is 22.5. The Morgan fingerprint density at radius 3 is 1.04 bits per heavy atom. The summed E-state index contributed by atoms with van der Waals surface area (Å²) < 4.78 is 38.8. The number of aliphatic hydroxyl groups is 3. The van der Waals surface area contributed by atoms with Crippen molar-refractivity contribution in [3.05, 3.63) is 299 Å². The Balaban J connectivity index is 0.000000170. The highest BCUT2D eigenvalue weighted by molar-refractivity contribution is 6.34. The number of benzene rings is 8. The van der Waals surface area contributed by atoms with Gasteiger partial charge in [0.15, 0.2) is 17.1 Å². The second kappa shape index (κ2) is 46.1. The Bertz CT molecular complexity index is 6140. The number of hydrogen-bond acceptors (Lipinski definition) is 14. The van der Waals surface area contributed by atoms with Crippen molar-refractivity contribution in [2.45, 2.75) is 210 Å². The van der Waals surface area contributed by atoms with Crippen LogP contribution in [0, 0.1) is 46.3 Å². The second-order valence-corrected chi connectivity index (χ2v) is 35.9. The SMILES string of the molecule is CCCCN(CCCC)C(=O)c1cc(C)n(-c2ccc(-c3c(C)noc3C)cc2C(=O)N2Cc3ccccc3C[C@H]2CO)n1.CCCCN(CCCC)C(=O)c1cc(C)n(-c2ccc(-c3ccc(F)cc3Cl)cc2C(=O)N2Cc3ccccc3C[C@H]2CO)n1.CCCCN(CCCC)C(=O)c1cc(C)n(-c2ccc(-c3cccc(F)c3Cl)cc2C(=O)N2Cc3ccccc3C[C@H]2CO)n1. The predicted octanol–water partition coefficient (Wildman–Crippen LogP) is 20.5. The zero-order valence-corrected chi connectivity index (χ0v) is 80.2. The standard InChI is InChI=1S/2C36H40ClFN4O3.C35H43N5O4/c1-4-6-17-40(18-7-5-2)36(45)32-19-24(3)42(39-32)33-16-15-26(29-13-10-14-31(38)34(29)37)21-30(33)35(44)41-22-27-12-9-8-11-25(27)20-28(41)23-43;1-4-6-16-40(17-7-5-2)36(45)33-18-24(3)42(39-33)34-15-12-26(30-14-13-28(38)21-32(30)37)20-31(34)35(44)41-22-27-11-9-8-10-25(27)19-29(41)23-43;1-6-8-16-38(17-9-7-2)35(43)31-18-23(3)40(36-31)32-15-14-27(33-24(4)37-44-25(33)5)20-30(32)34(42)39-21-28-13-11-10-12-26(28)19-29(39)22-41/h8-16,19,21,28,43H,4-7,17-18,20,22-23H2,1-3H3;8-15,18,20-21,29,43H,4-7,16-17,19,22-23H2,1-3H3;10-15,18,20,29,41H,6-9,16-17,19,21-22H2,1-5H3/t28-;2*29-/m000/s1. The summed E-state index contributed by atoms with van der Waals surface area (Å²) in [5.74, 6) is -1.50. The molecule has 27 heteroatoms. The smallest absolute Gasteiger partial charge is 0.274 e. The first kappa shape index (κ1) is 99.2. The van der Waals surface area contributed by atoms with Crippen molar-refractivity contribution in [1.29, 1.82) is 0 Å². The molecule has 3 aliphatic rings. The van der Waals surface area contributed by atoms with Crippen LogP contribution in [0.5, 0.6) is 0 Å². The molecule has 0 aliphatic carbocycles. The Morgan fingerprint density at radius 2 is 0.724 bits per heavy atom. The summed E-state index contributed by atoms with van der Waals surface area (Å²) in [6, 6.07) is 53.0. The lowest BCUT2D eigenvalue weighted by atomic mass is 9.93. The number of carbonyl (C=O) groups excluding carboxylic acids is 6. The number of amides is 6.